The molecule has 0 aromatic carbocycles. The van der Waals surface area contributed by atoms with Crippen LogP contribution in [-0.2, 0) is 0 Å². The summed E-state index contributed by atoms with van der Waals surface area (Å²) in [5, 5.41) is 0. The van der Waals surface area contributed by atoms with Crippen LogP contribution >= 0.6 is 0 Å². The minimum atomic E-state index is 1.14. The second kappa shape index (κ2) is 15.9. The predicted molar refractivity (Wildman–Crippen MR) is 122 cm³/mol. The minimum absolute atomic E-state index is 1.14. The number of hydrogen-bond donors (Lipinski definition) is 0. The van der Waals surface area contributed by atoms with Crippen LogP contribution in [0.4, 0.5) is 0 Å². The first-order valence-corrected chi connectivity index (χ1v) is 13.4. The van der Waals surface area contributed by atoms with Gasteiger partial charge in [-0.05, 0) is 37.0 Å². The summed E-state index contributed by atoms with van der Waals surface area (Å²) < 4.78 is 0. The Kier molecular flexibility index (Phi) is 13.7. The molecule has 2 aliphatic carbocycles. The lowest BCUT2D eigenvalue weighted by Crippen LogP contribution is -2.09. The van der Waals surface area contributed by atoms with Crippen molar-refractivity contribution < 1.29 is 0 Å². The Morgan fingerprint density at radius 2 is 0.926 bits per heavy atom. The zero-order valence-electron chi connectivity index (χ0n) is 19.0. The third-order valence-corrected chi connectivity index (χ3v) is 7.81. The Bertz CT molecular complexity index is 320. The Balaban J connectivity index is 1.20. The van der Waals surface area contributed by atoms with E-state index in [1.165, 1.54) is 116 Å². The maximum Gasteiger partial charge on any atom is -0.0383 e. The van der Waals surface area contributed by atoms with Crippen LogP contribution < -0.4 is 0 Å². The molecule has 0 radical (unpaired) electrons. The van der Waals surface area contributed by atoms with Crippen molar-refractivity contribution in [1.29, 1.82) is 0 Å². The molecule has 0 spiro atoms. The van der Waals surface area contributed by atoms with Gasteiger partial charge in [0.15, 0.2) is 0 Å². The van der Waals surface area contributed by atoms with Gasteiger partial charge in [-0.3, -0.25) is 0 Å². The highest BCUT2D eigenvalue weighted by Gasteiger charge is 2.38. The number of hydrogen-bond acceptors (Lipinski definition) is 0. The second-order valence-corrected chi connectivity index (χ2v) is 10.2. The molecule has 0 aromatic heterocycles. The molecule has 0 saturated heterocycles. The molecule has 2 saturated carbocycles. The highest BCUT2D eigenvalue weighted by atomic mass is 14.4. The highest BCUT2D eigenvalue weighted by Crippen LogP contribution is 2.50. The fourth-order valence-electron chi connectivity index (χ4n) is 6.04. The summed E-state index contributed by atoms with van der Waals surface area (Å²) in [6.45, 7) is 2.31. The van der Waals surface area contributed by atoms with Gasteiger partial charge in [0.05, 0.1) is 0 Å². The molecule has 2 fully saturated rings. The van der Waals surface area contributed by atoms with Gasteiger partial charge in [0, 0.05) is 0 Å². The van der Waals surface area contributed by atoms with Crippen molar-refractivity contribution in [3.8, 4) is 0 Å². The molecule has 3 unspecified atom stereocenters. The molecular formula is C27H52. The fraction of sp³-hybridized carbons (Fsp3) is 1.00. The van der Waals surface area contributed by atoms with Crippen molar-refractivity contribution in [2.45, 2.75) is 155 Å². The van der Waals surface area contributed by atoms with Crippen molar-refractivity contribution in [1.82, 2.24) is 0 Å². The lowest BCUT2D eigenvalue weighted by atomic mass is 9.85. The topological polar surface area (TPSA) is 0 Å². The maximum atomic E-state index is 2.31. The summed E-state index contributed by atoms with van der Waals surface area (Å²) >= 11 is 0. The predicted octanol–water partition coefficient (Wildman–Crippen LogP) is 9.85. The molecule has 3 atom stereocenters. The van der Waals surface area contributed by atoms with Gasteiger partial charge >= 0.3 is 0 Å². The number of unbranched alkanes of at least 4 members (excludes halogenated alkanes) is 17. The van der Waals surface area contributed by atoms with Gasteiger partial charge in [-0.25, -0.2) is 0 Å². The van der Waals surface area contributed by atoms with Crippen LogP contribution in [0.25, 0.3) is 0 Å². The van der Waals surface area contributed by atoms with E-state index in [4.69, 9.17) is 0 Å². The molecule has 0 heteroatoms. The van der Waals surface area contributed by atoms with Gasteiger partial charge in [0.2, 0.25) is 0 Å². The van der Waals surface area contributed by atoms with E-state index in [0.29, 0.717) is 0 Å². The van der Waals surface area contributed by atoms with Crippen LogP contribution in [0.5, 0.6) is 0 Å². The van der Waals surface area contributed by atoms with E-state index < -0.39 is 0 Å². The van der Waals surface area contributed by atoms with Crippen molar-refractivity contribution in [3.05, 3.63) is 0 Å². The van der Waals surface area contributed by atoms with Gasteiger partial charge in [-0.1, -0.05) is 135 Å². The van der Waals surface area contributed by atoms with E-state index >= 15 is 0 Å². The third kappa shape index (κ3) is 10.9. The van der Waals surface area contributed by atoms with Crippen LogP contribution in [0.1, 0.15) is 155 Å². The van der Waals surface area contributed by atoms with E-state index in [0.717, 1.165) is 17.8 Å². The highest BCUT2D eigenvalue weighted by molar-refractivity contribution is 4.89. The Morgan fingerprint density at radius 1 is 0.481 bits per heavy atom. The van der Waals surface area contributed by atoms with Crippen LogP contribution in [-0.4, -0.2) is 0 Å². The quantitative estimate of drug-likeness (QED) is 0.197. The minimum Gasteiger partial charge on any atom is -0.0654 e. The maximum absolute atomic E-state index is 2.31. The van der Waals surface area contributed by atoms with Gasteiger partial charge in [0.1, 0.15) is 0 Å². The zero-order chi connectivity index (χ0) is 19.0. The van der Waals surface area contributed by atoms with Crippen molar-refractivity contribution in [3.63, 3.8) is 0 Å². The monoisotopic (exact) mass is 376 g/mol. The molecule has 0 amide bonds. The summed E-state index contributed by atoms with van der Waals surface area (Å²) in [5.74, 6) is 3.45. The molecular weight excluding hydrogens is 324 g/mol. The number of rotatable bonds is 19. The van der Waals surface area contributed by atoms with E-state index in [1.807, 2.05) is 0 Å². The fourth-order valence-corrected chi connectivity index (χ4v) is 6.04. The molecule has 0 aromatic rings. The van der Waals surface area contributed by atoms with Crippen LogP contribution in [0.2, 0.25) is 0 Å². The van der Waals surface area contributed by atoms with Crippen molar-refractivity contribution >= 4 is 0 Å². The van der Waals surface area contributed by atoms with Crippen molar-refractivity contribution in [2.75, 3.05) is 0 Å². The molecule has 2 rings (SSSR count). The molecule has 160 valence electrons. The van der Waals surface area contributed by atoms with Gasteiger partial charge in [-0.2, -0.15) is 0 Å². The average molecular weight is 377 g/mol. The largest absolute Gasteiger partial charge is 0.0654 e. The molecule has 2 bridgehead atoms. The molecule has 0 aliphatic heterocycles. The van der Waals surface area contributed by atoms with E-state index in [-0.39, 0.29) is 0 Å². The van der Waals surface area contributed by atoms with Crippen LogP contribution in [0, 0.1) is 17.8 Å². The molecule has 27 heavy (non-hydrogen) atoms. The first-order chi connectivity index (χ1) is 13.4. The smallest absolute Gasteiger partial charge is 0.0383 e. The van der Waals surface area contributed by atoms with Gasteiger partial charge in [0.25, 0.3) is 0 Å². The standard InChI is InChI=1S/C27H52/c1-2-3-4-5-6-7-8-9-10-11-12-13-14-15-16-17-18-19-20-26-23-25-21-22-27(26)24-25/h25-27H,2-24H2,1H3. The van der Waals surface area contributed by atoms with E-state index in [9.17, 15) is 0 Å². The Morgan fingerprint density at radius 3 is 1.30 bits per heavy atom. The third-order valence-electron chi connectivity index (χ3n) is 7.81. The van der Waals surface area contributed by atoms with Crippen LogP contribution in [0.3, 0.4) is 0 Å². The lowest BCUT2D eigenvalue weighted by molar-refractivity contribution is 0.304. The lowest BCUT2D eigenvalue weighted by Gasteiger charge is -2.21. The summed E-state index contributed by atoms with van der Waals surface area (Å²) in [5.41, 5.74) is 0. The summed E-state index contributed by atoms with van der Waals surface area (Å²) in [6, 6.07) is 0. The zero-order valence-corrected chi connectivity index (χ0v) is 19.0. The van der Waals surface area contributed by atoms with Crippen molar-refractivity contribution in [2.24, 2.45) is 17.8 Å². The van der Waals surface area contributed by atoms with Crippen LogP contribution in [0.15, 0.2) is 0 Å². The average Bonchev–Trinajstić information content (AvgIpc) is 3.30. The molecule has 0 heterocycles. The molecule has 0 N–H and O–H groups in total. The normalized spacial score (nSPS) is 24.1. The van der Waals surface area contributed by atoms with E-state index in [1.54, 1.807) is 32.1 Å². The first kappa shape index (κ1) is 23.3. The van der Waals surface area contributed by atoms with Gasteiger partial charge < -0.3 is 0 Å². The summed E-state index contributed by atoms with van der Waals surface area (Å²) in [4.78, 5) is 0. The molecule has 0 nitrogen and oxygen atoms in total. The first-order valence-electron chi connectivity index (χ1n) is 13.4. The molecule has 2 aliphatic rings. The SMILES string of the molecule is CCCCCCCCCCCCCCCCCCCCC1CC2CCC1C2. The Labute approximate surface area is 172 Å². The summed E-state index contributed by atoms with van der Waals surface area (Å²) in [6.07, 6.45) is 34.7. The Hall–Kier alpha value is 0. The van der Waals surface area contributed by atoms with Gasteiger partial charge in [-0.15, -0.1) is 0 Å². The summed E-state index contributed by atoms with van der Waals surface area (Å²) in [7, 11) is 0. The number of fused-ring (bicyclic) bond motifs is 2. The van der Waals surface area contributed by atoms with E-state index in [2.05, 4.69) is 6.92 Å². The second-order valence-electron chi connectivity index (χ2n) is 10.2.